The third kappa shape index (κ3) is 13.2. The van der Waals surface area contributed by atoms with Gasteiger partial charge in [0.05, 0.1) is 45.7 Å². The van der Waals surface area contributed by atoms with Gasteiger partial charge in [-0.3, -0.25) is 14.4 Å². The Morgan fingerprint density at radius 1 is 0.523 bits per heavy atom. The molecule has 378 valence electrons. The van der Waals surface area contributed by atoms with Crippen LogP contribution in [0.5, 0.6) is 0 Å². The van der Waals surface area contributed by atoms with Crippen molar-refractivity contribution in [3.05, 3.63) is 0 Å². The highest BCUT2D eigenvalue weighted by molar-refractivity contribution is 5.74. The highest BCUT2D eigenvalue weighted by atomic mass is 16.7. The van der Waals surface area contributed by atoms with Crippen molar-refractivity contribution in [1.82, 2.24) is 16.0 Å². The molecule has 0 aromatic carbocycles. The fraction of sp³-hybridized carbons (Fsp3) is 0.917. The van der Waals surface area contributed by atoms with Crippen LogP contribution in [0.2, 0.25) is 0 Å². The van der Waals surface area contributed by atoms with E-state index in [0.29, 0.717) is 0 Å². The largest absolute Gasteiger partial charge is 0.394 e. The number of amides is 3. The number of carbonyl (C=O) groups is 3. The van der Waals surface area contributed by atoms with Crippen molar-refractivity contribution < 1.29 is 129 Å². The van der Waals surface area contributed by atoms with E-state index in [1.165, 1.54) is 0 Å². The molecule has 29 nitrogen and oxygen atoms in total. The molecule has 4 aliphatic heterocycles. The van der Waals surface area contributed by atoms with E-state index in [2.05, 4.69) is 16.0 Å². The molecular formula is C36H63N3O26. The molecule has 0 bridgehead atoms. The van der Waals surface area contributed by atoms with Crippen LogP contribution in [0.25, 0.3) is 0 Å². The molecule has 4 rings (SSSR count). The average Bonchev–Trinajstić information content (AvgIpc) is 3.26. The molecule has 4 saturated heterocycles. The summed E-state index contributed by atoms with van der Waals surface area (Å²) >= 11 is 0. The van der Waals surface area contributed by atoms with Crippen molar-refractivity contribution in [3.63, 3.8) is 0 Å². The average molecular weight is 954 g/mol. The van der Waals surface area contributed by atoms with Gasteiger partial charge in [-0.05, 0) is 0 Å². The summed E-state index contributed by atoms with van der Waals surface area (Å²) in [5, 5.41) is 165. The van der Waals surface area contributed by atoms with Crippen LogP contribution in [0.15, 0.2) is 0 Å². The first-order valence-corrected chi connectivity index (χ1v) is 20.5. The molecule has 4 aliphatic rings. The van der Waals surface area contributed by atoms with Gasteiger partial charge >= 0.3 is 0 Å². The van der Waals surface area contributed by atoms with Crippen molar-refractivity contribution in [2.24, 2.45) is 0 Å². The van der Waals surface area contributed by atoms with Gasteiger partial charge in [-0.15, -0.1) is 0 Å². The number of ether oxygens (including phenoxy) is 8. The van der Waals surface area contributed by atoms with E-state index in [4.69, 9.17) is 37.9 Å². The fourth-order valence-electron chi connectivity index (χ4n) is 7.74. The summed E-state index contributed by atoms with van der Waals surface area (Å²) in [5.41, 5.74) is 0. The van der Waals surface area contributed by atoms with Crippen LogP contribution in [-0.4, -0.2) is 281 Å². The summed E-state index contributed by atoms with van der Waals surface area (Å²) in [4.78, 5) is 37.2. The quantitative estimate of drug-likeness (QED) is 0.0539. The SMILES string of the molecule is CC(=O)N[C@H]1[C@H](OC[C@@H](O)[C@H](O)[C@H](O[C@@H]2O[C@H](CO)[C@@H](O)[C@H](O[C@@H]3O[C@H](CO)[C@H](O)[C@H](O)[C@H]3O)[C@H]2NC(C)=O)[C@H](CO)NC(C)=O)O[C@H](CO)[C@@H](O)[C@@H]1O[C@@H]1O[C@H](CO)[C@H](O)[C@H](O)[C@H]1O. The second-order valence-corrected chi connectivity index (χ2v) is 16.0. The van der Waals surface area contributed by atoms with Crippen molar-refractivity contribution >= 4 is 17.7 Å². The molecule has 0 aliphatic carbocycles. The zero-order chi connectivity index (χ0) is 48.6. The lowest BCUT2D eigenvalue weighted by Gasteiger charge is -2.48. The van der Waals surface area contributed by atoms with Crippen LogP contribution < -0.4 is 16.0 Å². The lowest BCUT2D eigenvalue weighted by molar-refractivity contribution is -0.351. The Bertz CT molecular complexity index is 1510. The molecule has 4 fully saturated rings. The highest BCUT2D eigenvalue weighted by Crippen LogP contribution is 2.33. The highest BCUT2D eigenvalue weighted by Gasteiger charge is 2.55. The number of hydrogen-bond acceptors (Lipinski definition) is 26. The number of aliphatic hydroxyl groups excluding tert-OH is 15. The van der Waals surface area contributed by atoms with E-state index in [1.54, 1.807) is 0 Å². The second kappa shape index (κ2) is 24.7. The van der Waals surface area contributed by atoms with E-state index >= 15 is 0 Å². The Kier molecular flexibility index (Phi) is 20.9. The molecule has 0 aromatic heterocycles. The standard InChI is InChI=1S/C36H63N3O26/c1-10(45)37-13(4-40)30(63-34-20(39-12(3)47)32(25(53)18(8-44)60-34)65-36-29(57)27(55)23(51)16(6-42)62-36)21(49)14(48)9-58-33-19(38-11(2)46)31(24(52)17(7-43)59-33)64-35-28(56)26(54)22(50)15(5-41)61-35/h13-36,40-44,48-57H,4-9H2,1-3H3,(H,37,45)(H,38,46)(H,39,47)/t13-,14+,15+,16+,17+,18+,19+,20+,21-,22-,23-,24+,25+,26-,27-,28+,29+,30+,31+,32+,33+,34-,35-,36-/m0/s1. The van der Waals surface area contributed by atoms with Crippen LogP contribution >= 0.6 is 0 Å². The fourth-order valence-corrected chi connectivity index (χ4v) is 7.74. The molecule has 0 spiro atoms. The molecule has 0 radical (unpaired) electrons. The van der Waals surface area contributed by atoms with E-state index in [0.717, 1.165) is 20.8 Å². The first-order chi connectivity index (χ1) is 30.6. The Morgan fingerprint density at radius 2 is 0.908 bits per heavy atom. The smallest absolute Gasteiger partial charge is 0.217 e. The minimum absolute atomic E-state index is 0.791. The predicted octanol–water partition coefficient (Wildman–Crippen LogP) is -11.9. The van der Waals surface area contributed by atoms with Crippen molar-refractivity contribution in [3.8, 4) is 0 Å². The molecule has 65 heavy (non-hydrogen) atoms. The molecule has 0 saturated carbocycles. The van der Waals surface area contributed by atoms with Gasteiger partial charge < -0.3 is 130 Å². The topological polar surface area (TPSA) is 465 Å². The molecule has 0 unspecified atom stereocenters. The minimum Gasteiger partial charge on any atom is -0.394 e. The van der Waals surface area contributed by atoms with Crippen LogP contribution in [0.3, 0.4) is 0 Å². The van der Waals surface area contributed by atoms with E-state index in [1.807, 2.05) is 0 Å². The summed E-state index contributed by atoms with van der Waals surface area (Å²) < 4.78 is 45.5. The minimum atomic E-state index is -2.27. The number of carbonyl (C=O) groups excluding carboxylic acids is 3. The zero-order valence-corrected chi connectivity index (χ0v) is 35.3. The number of nitrogens with one attached hydrogen (secondary N) is 3. The maximum absolute atomic E-state index is 12.5. The lowest BCUT2D eigenvalue weighted by atomic mass is 9.94. The normalized spacial score (nSPS) is 42.0. The number of aliphatic hydroxyl groups is 15. The second-order valence-electron chi connectivity index (χ2n) is 16.0. The first kappa shape index (κ1) is 55.1. The molecular weight excluding hydrogens is 890 g/mol. The molecule has 4 heterocycles. The summed E-state index contributed by atoms with van der Waals surface area (Å²) in [5.74, 6) is -2.43. The molecule has 18 N–H and O–H groups in total. The Balaban J connectivity index is 1.63. The molecule has 3 amide bonds. The van der Waals surface area contributed by atoms with Gasteiger partial charge in [0.25, 0.3) is 0 Å². The van der Waals surface area contributed by atoms with Crippen molar-refractivity contribution in [2.75, 3.05) is 39.6 Å². The van der Waals surface area contributed by atoms with Gasteiger partial charge in [0.15, 0.2) is 25.2 Å². The Labute approximate surface area is 369 Å². The number of hydrogen-bond donors (Lipinski definition) is 18. The van der Waals surface area contributed by atoms with Crippen LogP contribution in [0, 0.1) is 0 Å². The lowest BCUT2D eigenvalue weighted by Crippen LogP contribution is -2.69. The molecule has 29 heteroatoms. The number of rotatable bonds is 20. The molecule has 0 aromatic rings. The maximum atomic E-state index is 12.5. The predicted molar refractivity (Wildman–Crippen MR) is 204 cm³/mol. The van der Waals surface area contributed by atoms with Gasteiger partial charge in [0, 0.05) is 20.8 Å². The van der Waals surface area contributed by atoms with Gasteiger partial charge in [-0.1, -0.05) is 0 Å². The van der Waals surface area contributed by atoms with Crippen molar-refractivity contribution in [1.29, 1.82) is 0 Å². The van der Waals surface area contributed by atoms with E-state index in [9.17, 15) is 91.0 Å². The van der Waals surface area contributed by atoms with Gasteiger partial charge in [0.1, 0.15) is 116 Å². The van der Waals surface area contributed by atoms with Gasteiger partial charge in [-0.25, -0.2) is 0 Å². The monoisotopic (exact) mass is 953 g/mol. The summed E-state index contributed by atoms with van der Waals surface area (Å²) in [6.07, 6.45) is -39.1. The van der Waals surface area contributed by atoms with Crippen LogP contribution in [0.1, 0.15) is 20.8 Å². The summed E-state index contributed by atoms with van der Waals surface area (Å²) in [6, 6.07) is -4.99. The first-order valence-electron chi connectivity index (χ1n) is 20.5. The van der Waals surface area contributed by atoms with E-state index in [-0.39, 0.29) is 0 Å². The molecule has 24 atom stereocenters. The van der Waals surface area contributed by atoms with Gasteiger partial charge in [0.2, 0.25) is 17.7 Å². The zero-order valence-electron chi connectivity index (χ0n) is 35.3. The third-order valence-corrected chi connectivity index (χ3v) is 11.2. The van der Waals surface area contributed by atoms with Crippen LogP contribution in [-0.2, 0) is 52.3 Å². The van der Waals surface area contributed by atoms with Gasteiger partial charge in [-0.2, -0.15) is 0 Å². The summed E-state index contributed by atoms with van der Waals surface area (Å²) in [6.45, 7) is -2.62. The maximum Gasteiger partial charge on any atom is 0.217 e. The Hall–Kier alpha value is -2.51. The summed E-state index contributed by atoms with van der Waals surface area (Å²) in [7, 11) is 0. The van der Waals surface area contributed by atoms with Crippen molar-refractivity contribution in [2.45, 2.75) is 168 Å². The Morgan fingerprint density at radius 3 is 1.29 bits per heavy atom. The van der Waals surface area contributed by atoms with E-state index < -0.39 is 204 Å². The van der Waals surface area contributed by atoms with Crippen LogP contribution in [0.4, 0.5) is 0 Å². The third-order valence-electron chi connectivity index (χ3n) is 11.2.